The van der Waals surface area contributed by atoms with Gasteiger partial charge in [-0.1, -0.05) is 29.3 Å². The first-order valence-corrected chi connectivity index (χ1v) is 6.44. The van der Waals surface area contributed by atoms with Gasteiger partial charge in [0.05, 0.1) is 15.7 Å². The number of anilines is 1. The number of carbonyl (C=O) groups excluding carboxylic acids is 1. The van der Waals surface area contributed by atoms with Crippen molar-refractivity contribution in [3.05, 3.63) is 28.2 Å². The number of halogens is 2. The molecule has 0 aliphatic carbocycles. The van der Waals surface area contributed by atoms with Crippen molar-refractivity contribution in [2.24, 2.45) is 0 Å². The Kier molecular flexibility index (Phi) is 6.57. The molecule has 8 heteroatoms. The molecule has 20 heavy (non-hydrogen) atoms. The summed E-state index contributed by atoms with van der Waals surface area (Å²) in [5, 5.41) is 14.2. The molecular formula is C12H14Cl2N2O4. The minimum absolute atomic E-state index is 0.155. The maximum Gasteiger partial charge on any atom is 0.326 e. The van der Waals surface area contributed by atoms with Crippen molar-refractivity contribution >= 4 is 40.9 Å². The van der Waals surface area contributed by atoms with Crippen LogP contribution in [0.5, 0.6) is 0 Å². The van der Waals surface area contributed by atoms with Gasteiger partial charge in [0.2, 0.25) is 0 Å². The Bertz CT molecular complexity index is 496. The van der Waals surface area contributed by atoms with Gasteiger partial charge in [-0.05, 0) is 12.1 Å². The average molecular weight is 321 g/mol. The van der Waals surface area contributed by atoms with Gasteiger partial charge in [0.15, 0.2) is 0 Å². The number of amides is 2. The molecule has 0 heterocycles. The predicted octanol–water partition coefficient (Wildman–Crippen LogP) is 2.60. The van der Waals surface area contributed by atoms with Crippen LogP contribution in [0.3, 0.4) is 0 Å². The number of hydrogen-bond acceptors (Lipinski definition) is 3. The second-order valence-electron chi connectivity index (χ2n) is 3.87. The Balaban J connectivity index is 2.66. The number of carboxylic acid groups (broad SMARTS) is 1. The molecule has 1 aromatic carbocycles. The van der Waals surface area contributed by atoms with Crippen LogP contribution in [0.1, 0.15) is 6.42 Å². The normalized spacial score (nSPS) is 11.8. The Labute approximate surface area is 126 Å². The minimum atomic E-state index is -1.14. The van der Waals surface area contributed by atoms with Gasteiger partial charge in [-0.3, -0.25) is 0 Å². The molecule has 0 saturated carbocycles. The molecule has 1 unspecified atom stereocenters. The van der Waals surface area contributed by atoms with E-state index >= 15 is 0 Å². The van der Waals surface area contributed by atoms with E-state index in [1.54, 1.807) is 18.2 Å². The third-order valence-corrected chi connectivity index (χ3v) is 3.23. The Morgan fingerprint density at radius 1 is 1.40 bits per heavy atom. The van der Waals surface area contributed by atoms with Crippen molar-refractivity contribution < 1.29 is 19.4 Å². The molecular weight excluding hydrogens is 307 g/mol. The number of urea groups is 1. The molecule has 3 N–H and O–H groups in total. The van der Waals surface area contributed by atoms with Gasteiger partial charge in [-0.2, -0.15) is 0 Å². The van der Waals surface area contributed by atoms with E-state index in [1.807, 2.05) is 0 Å². The van der Waals surface area contributed by atoms with Crippen molar-refractivity contribution in [2.45, 2.75) is 12.5 Å². The highest BCUT2D eigenvalue weighted by molar-refractivity contribution is 6.43. The average Bonchev–Trinajstić information content (AvgIpc) is 2.39. The van der Waals surface area contributed by atoms with Crippen LogP contribution in [0, 0.1) is 0 Å². The summed E-state index contributed by atoms with van der Waals surface area (Å²) in [6.45, 7) is 0.217. The lowest BCUT2D eigenvalue weighted by molar-refractivity contribution is -0.139. The molecule has 0 radical (unpaired) electrons. The number of hydrogen-bond donors (Lipinski definition) is 3. The molecule has 0 aliphatic heterocycles. The first-order valence-electron chi connectivity index (χ1n) is 5.69. The molecule has 110 valence electrons. The highest BCUT2D eigenvalue weighted by Crippen LogP contribution is 2.29. The Morgan fingerprint density at radius 2 is 2.10 bits per heavy atom. The number of carbonyl (C=O) groups is 2. The number of aliphatic carboxylic acids is 1. The smallest absolute Gasteiger partial charge is 0.326 e. The quantitative estimate of drug-likeness (QED) is 0.751. The summed E-state index contributed by atoms with van der Waals surface area (Å²) >= 11 is 11.7. The maximum atomic E-state index is 11.7. The summed E-state index contributed by atoms with van der Waals surface area (Å²) in [5.41, 5.74) is 0.299. The fourth-order valence-electron chi connectivity index (χ4n) is 1.41. The first-order chi connectivity index (χ1) is 9.45. The fourth-order valence-corrected chi connectivity index (χ4v) is 1.76. The van der Waals surface area contributed by atoms with Crippen LogP contribution in [0.25, 0.3) is 0 Å². The SMILES string of the molecule is COCCC(NC(=O)Nc1cccc(Cl)c1Cl)C(=O)O. The van der Waals surface area contributed by atoms with E-state index in [0.29, 0.717) is 10.7 Å². The van der Waals surface area contributed by atoms with Crippen molar-refractivity contribution in [3.8, 4) is 0 Å². The Hall–Kier alpha value is -1.50. The van der Waals surface area contributed by atoms with Crippen LogP contribution in [0.4, 0.5) is 10.5 Å². The molecule has 1 aromatic rings. The number of benzene rings is 1. The summed E-state index contributed by atoms with van der Waals surface area (Å²) in [6, 6.07) is 3.01. The topological polar surface area (TPSA) is 87.7 Å². The van der Waals surface area contributed by atoms with Crippen LogP contribution >= 0.6 is 23.2 Å². The molecule has 0 fully saturated rings. The summed E-state index contributed by atoms with van der Waals surface area (Å²) in [4.78, 5) is 22.7. The third kappa shape index (κ3) is 4.88. The van der Waals surface area contributed by atoms with Gasteiger partial charge >= 0.3 is 12.0 Å². The zero-order valence-electron chi connectivity index (χ0n) is 10.7. The van der Waals surface area contributed by atoms with Gasteiger partial charge in [-0.25, -0.2) is 9.59 Å². The molecule has 0 aliphatic rings. The van der Waals surface area contributed by atoms with Crippen LogP contribution in [0.15, 0.2) is 18.2 Å². The zero-order valence-corrected chi connectivity index (χ0v) is 12.2. The molecule has 1 atom stereocenters. The standard InChI is InChI=1S/C12H14Cl2N2O4/c1-20-6-5-9(11(17)18)16-12(19)15-8-4-2-3-7(13)10(8)14/h2-4,9H,5-6H2,1H3,(H,17,18)(H2,15,16,19). The van der Waals surface area contributed by atoms with Crippen molar-refractivity contribution in [1.82, 2.24) is 5.32 Å². The highest BCUT2D eigenvalue weighted by Gasteiger charge is 2.20. The number of methoxy groups -OCH3 is 1. The van der Waals surface area contributed by atoms with Gasteiger partial charge in [0.1, 0.15) is 6.04 Å². The Morgan fingerprint density at radius 3 is 2.70 bits per heavy atom. The third-order valence-electron chi connectivity index (χ3n) is 2.41. The molecule has 0 spiro atoms. The first kappa shape index (κ1) is 16.6. The van der Waals surface area contributed by atoms with E-state index in [0.717, 1.165) is 0 Å². The van der Waals surface area contributed by atoms with Gasteiger partial charge < -0.3 is 20.5 Å². The van der Waals surface area contributed by atoms with Gasteiger partial charge in [0.25, 0.3) is 0 Å². The van der Waals surface area contributed by atoms with Crippen LogP contribution in [-0.2, 0) is 9.53 Å². The summed E-state index contributed by atoms with van der Waals surface area (Å²) in [5.74, 6) is -1.14. The molecule has 0 saturated heterocycles. The number of rotatable bonds is 6. The minimum Gasteiger partial charge on any atom is -0.480 e. The van der Waals surface area contributed by atoms with Crippen molar-refractivity contribution in [1.29, 1.82) is 0 Å². The highest BCUT2D eigenvalue weighted by atomic mass is 35.5. The van der Waals surface area contributed by atoms with E-state index in [9.17, 15) is 9.59 Å². The second-order valence-corrected chi connectivity index (χ2v) is 4.66. The zero-order chi connectivity index (χ0) is 15.1. The number of carboxylic acids is 1. The summed E-state index contributed by atoms with van der Waals surface area (Å²) in [7, 11) is 1.45. The van der Waals surface area contributed by atoms with Crippen molar-refractivity contribution in [3.63, 3.8) is 0 Å². The summed E-state index contributed by atoms with van der Waals surface area (Å²) < 4.78 is 4.78. The lowest BCUT2D eigenvalue weighted by Crippen LogP contribution is -2.43. The number of nitrogens with one attached hydrogen (secondary N) is 2. The molecule has 1 rings (SSSR count). The monoisotopic (exact) mass is 320 g/mol. The largest absolute Gasteiger partial charge is 0.480 e. The van der Waals surface area contributed by atoms with Crippen molar-refractivity contribution in [2.75, 3.05) is 19.0 Å². The van der Waals surface area contributed by atoms with E-state index in [2.05, 4.69) is 10.6 Å². The van der Waals surface area contributed by atoms with Gasteiger partial charge in [-0.15, -0.1) is 0 Å². The lowest BCUT2D eigenvalue weighted by atomic mass is 10.2. The van der Waals surface area contributed by atoms with E-state index in [4.69, 9.17) is 33.0 Å². The van der Waals surface area contributed by atoms with E-state index < -0.39 is 18.0 Å². The molecule has 0 aromatic heterocycles. The molecule has 6 nitrogen and oxygen atoms in total. The van der Waals surface area contributed by atoms with Crippen LogP contribution in [0.2, 0.25) is 10.0 Å². The predicted molar refractivity (Wildman–Crippen MR) is 76.5 cm³/mol. The van der Waals surface area contributed by atoms with E-state index in [-0.39, 0.29) is 18.1 Å². The molecule has 2 amide bonds. The summed E-state index contributed by atoms with van der Waals surface area (Å²) in [6.07, 6.45) is 0.155. The van der Waals surface area contributed by atoms with Gasteiger partial charge in [0, 0.05) is 20.1 Å². The van der Waals surface area contributed by atoms with E-state index in [1.165, 1.54) is 7.11 Å². The lowest BCUT2D eigenvalue weighted by Gasteiger charge is -2.15. The maximum absolute atomic E-state index is 11.7. The second kappa shape index (κ2) is 7.94. The number of ether oxygens (including phenoxy) is 1. The van der Waals surface area contributed by atoms with Crippen LogP contribution in [-0.4, -0.2) is 36.9 Å². The van der Waals surface area contributed by atoms with Crippen LogP contribution < -0.4 is 10.6 Å². The molecule has 0 bridgehead atoms. The fraction of sp³-hybridized carbons (Fsp3) is 0.333.